The van der Waals surface area contributed by atoms with Crippen LogP contribution in [-0.4, -0.2) is 62.1 Å². The number of morpholine rings is 1. The van der Waals surface area contributed by atoms with Crippen molar-refractivity contribution in [3.63, 3.8) is 0 Å². The monoisotopic (exact) mass is 400 g/mol. The third-order valence-corrected chi connectivity index (χ3v) is 5.10. The van der Waals surface area contributed by atoms with Gasteiger partial charge in [-0.2, -0.15) is 0 Å². The minimum atomic E-state index is -0.345. The lowest BCUT2D eigenvalue weighted by atomic mass is 10.2. The molecule has 0 atom stereocenters. The van der Waals surface area contributed by atoms with Crippen LogP contribution in [0.25, 0.3) is 5.69 Å². The second-order valence-electron chi connectivity index (χ2n) is 6.00. The van der Waals surface area contributed by atoms with Gasteiger partial charge in [-0.3, -0.25) is 4.79 Å². The number of carbonyl (C=O) groups is 1. The van der Waals surface area contributed by atoms with E-state index in [0.717, 1.165) is 0 Å². The molecule has 144 valence electrons. The molecule has 0 radical (unpaired) electrons. The fourth-order valence-corrected chi connectivity index (χ4v) is 3.59. The summed E-state index contributed by atoms with van der Waals surface area (Å²) < 4.78 is 20.2. The normalized spacial score (nSPS) is 14.2. The number of hydrogen-bond donors (Lipinski definition) is 0. The van der Waals surface area contributed by atoms with Gasteiger partial charge in [-0.15, -0.1) is 5.10 Å². The number of nitrogens with zero attached hydrogens (tertiary/aromatic N) is 6. The van der Waals surface area contributed by atoms with Gasteiger partial charge in [0.1, 0.15) is 5.82 Å². The topological polar surface area (TPSA) is 86.0 Å². The Morgan fingerprint density at radius 1 is 1.14 bits per heavy atom. The van der Waals surface area contributed by atoms with Gasteiger partial charge in [0.15, 0.2) is 10.9 Å². The zero-order chi connectivity index (χ0) is 19.3. The summed E-state index contributed by atoms with van der Waals surface area (Å²) in [4.78, 5) is 23.1. The maximum atomic E-state index is 13.3. The van der Waals surface area contributed by atoms with Gasteiger partial charge in [0.05, 0.1) is 24.6 Å². The number of ether oxygens (including phenoxy) is 1. The predicted octanol–water partition coefficient (Wildman–Crippen LogP) is 1.96. The molecular formula is C18H17FN6O2S. The van der Waals surface area contributed by atoms with Crippen molar-refractivity contribution in [2.24, 2.45) is 0 Å². The first-order valence-electron chi connectivity index (χ1n) is 8.70. The number of aromatic nitrogens is 5. The summed E-state index contributed by atoms with van der Waals surface area (Å²) in [6.07, 6.45) is 3.31. The molecule has 1 fully saturated rings. The lowest BCUT2D eigenvalue weighted by molar-refractivity contribution is 0.0298. The third-order valence-electron chi connectivity index (χ3n) is 4.22. The molecule has 28 heavy (non-hydrogen) atoms. The van der Waals surface area contributed by atoms with Crippen molar-refractivity contribution in [3.8, 4) is 5.69 Å². The summed E-state index contributed by atoms with van der Waals surface area (Å²) in [5.74, 6) is -0.150. The maximum Gasteiger partial charge on any atom is 0.276 e. The first-order valence-corrected chi connectivity index (χ1v) is 9.68. The number of amides is 1. The summed E-state index contributed by atoms with van der Waals surface area (Å²) >= 11 is 1.38. The van der Waals surface area contributed by atoms with E-state index in [-0.39, 0.29) is 17.4 Å². The van der Waals surface area contributed by atoms with Crippen molar-refractivity contribution in [2.75, 3.05) is 26.3 Å². The van der Waals surface area contributed by atoms with E-state index in [9.17, 15) is 9.18 Å². The fourth-order valence-electron chi connectivity index (χ4n) is 2.80. The molecule has 4 rings (SSSR count). The van der Waals surface area contributed by atoms with E-state index < -0.39 is 0 Å². The highest BCUT2D eigenvalue weighted by Gasteiger charge is 2.26. The third kappa shape index (κ3) is 4.02. The Hall–Kier alpha value is -2.85. The van der Waals surface area contributed by atoms with Crippen LogP contribution in [0.4, 0.5) is 4.39 Å². The van der Waals surface area contributed by atoms with Crippen LogP contribution in [0.5, 0.6) is 0 Å². The Balaban J connectivity index is 1.66. The van der Waals surface area contributed by atoms with E-state index in [1.807, 2.05) is 0 Å². The molecule has 0 unspecified atom stereocenters. The number of carbonyl (C=O) groups excluding carboxylic acids is 1. The quantitative estimate of drug-likeness (QED) is 0.478. The van der Waals surface area contributed by atoms with Crippen LogP contribution in [0.2, 0.25) is 0 Å². The van der Waals surface area contributed by atoms with Crippen LogP contribution in [-0.2, 0) is 10.5 Å². The summed E-state index contributed by atoms with van der Waals surface area (Å²) in [6, 6.07) is 7.62. The Labute approximate surface area is 164 Å². The second-order valence-corrected chi connectivity index (χ2v) is 6.94. The molecule has 3 heterocycles. The van der Waals surface area contributed by atoms with Gasteiger partial charge in [0.25, 0.3) is 5.91 Å². The first kappa shape index (κ1) is 18.5. The minimum absolute atomic E-state index is 0.193. The zero-order valence-corrected chi connectivity index (χ0v) is 15.7. The average molecular weight is 400 g/mol. The molecule has 1 aromatic carbocycles. The number of halogens is 1. The summed E-state index contributed by atoms with van der Waals surface area (Å²) in [5.41, 5.74) is 1.51. The lowest BCUT2D eigenvalue weighted by Crippen LogP contribution is -2.41. The Bertz CT molecular complexity index is 944. The highest BCUT2D eigenvalue weighted by atomic mass is 32.2. The molecule has 2 aromatic heterocycles. The van der Waals surface area contributed by atoms with Crippen LogP contribution in [0, 0.1) is 5.82 Å². The largest absolute Gasteiger partial charge is 0.378 e. The summed E-state index contributed by atoms with van der Waals surface area (Å²) in [5, 5.41) is 8.87. The molecule has 0 N–H and O–H groups in total. The van der Waals surface area contributed by atoms with E-state index in [2.05, 4.69) is 20.3 Å². The standard InChI is InChI=1S/C18H17FN6O2S/c19-13-2-4-14(5-3-13)25-15(12-28-18-20-6-1-7-21-18)16(22-23-25)17(26)24-8-10-27-11-9-24/h1-7H,8-12H2. The zero-order valence-electron chi connectivity index (χ0n) is 14.9. The Kier molecular flexibility index (Phi) is 5.58. The van der Waals surface area contributed by atoms with Crippen molar-refractivity contribution in [1.82, 2.24) is 29.9 Å². The van der Waals surface area contributed by atoms with Gasteiger partial charge >= 0.3 is 0 Å². The SMILES string of the molecule is O=C(c1nnn(-c2ccc(F)cc2)c1CSc1ncccn1)N1CCOCC1. The number of benzene rings is 1. The van der Waals surface area contributed by atoms with Gasteiger partial charge in [0.2, 0.25) is 0 Å². The Morgan fingerprint density at radius 2 is 1.86 bits per heavy atom. The molecule has 8 nitrogen and oxygen atoms in total. The highest BCUT2D eigenvalue weighted by Crippen LogP contribution is 2.24. The number of thioether (sulfide) groups is 1. The first-order chi connectivity index (χ1) is 13.7. The average Bonchev–Trinajstić information content (AvgIpc) is 3.17. The highest BCUT2D eigenvalue weighted by molar-refractivity contribution is 7.98. The summed E-state index contributed by atoms with van der Waals surface area (Å²) in [6.45, 7) is 2.02. The van der Waals surface area contributed by atoms with E-state index in [0.29, 0.717) is 48.6 Å². The van der Waals surface area contributed by atoms with Gasteiger partial charge in [-0.25, -0.2) is 19.0 Å². The predicted molar refractivity (Wildman–Crippen MR) is 99.6 cm³/mol. The van der Waals surface area contributed by atoms with Gasteiger partial charge in [-0.1, -0.05) is 17.0 Å². The molecule has 0 bridgehead atoms. The van der Waals surface area contributed by atoms with Crippen molar-refractivity contribution in [3.05, 3.63) is 59.9 Å². The minimum Gasteiger partial charge on any atom is -0.378 e. The molecule has 0 aliphatic carbocycles. The lowest BCUT2D eigenvalue weighted by Gasteiger charge is -2.26. The molecule has 1 aliphatic rings. The van der Waals surface area contributed by atoms with Crippen LogP contribution in [0.1, 0.15) is 16.2 Å². The van der Waals surface area contributed by atoms with Gasteiger partial charge < -0.3 is 9.64 Å². The molecule has 3 aromatic rings. The van der Waals surface area contributed by atoms with E-state index in [1.165, 1.54) is 23.9 Å². The van der Waals surface area contributed by atoms with Crippen molar-refractivity contribution in [2.45, 2.75) is 10.9 Å². The van der Waals surface area contributed by atoms with E-state index in [1.54, 1.807) is 40.2 Å². The molecule has 10 heteroatoms. The maximum absolute atomic E-state index is 13.3. The van der Waals surface area contributed by atoms with E-state index >= 15 is 0 Å². The van der Waals surface area contributed by atoms with Crippen LogP contribution < -0.4 is 0 Å². The molecule has 1 saturated heterocycles. The molecule has 0 spiro atoms. The van der Waals surface area contributed by atoms with Crippen molar-refractivity contribution < 1.29 is 13.9 Å². The van der Waals surface area contributed by atoms with E-state index in [4.69, 9.17) is 4.74 Å². The van der Waals surface area contributed by atoms with Crippen LogP contribution in [0.15, 0.2) is 47.9 Å². The number of rotatable bonds is 5. The van der Waals surface area contributed by atoms with Gasteiger partial charge in [0, 0.05) is 31.2 Å². The Morgan fingerprint density at radius 3 is 2.57 bits per heavy atom. The van der Waals surface area contributed by atoms with Crippen LogP contribution in [0.3, 0.4) is 0 Å². The van der Waals surface area contributed by atoms with Gasteiger partial charge in [-0.05, 0) is 30.3 Å². The molecule has 0 saturated carbocycles. The summed E-state index contributed by atoms with van der Waals surface area (Å²) in [7, 11) is 0. The second kappa shape index (κ2) is 8.44. The van der Waals surface area contributed by atoms with Crippen LogP contribution >= 0.6 is 11.8 Å². The van der Waals surface area contributed by atoms with Crippen molar-refractivity contribution in [1.29, 1.82) is 0 Å². The molecular weight excluding hydrogens is 383 g/mol. The number of hydrogen-bond acceptors (Lipinski definition) is 7. The molecule has 1 aliphatic heterocycles. The smallest absolute Gasteiger partial charge is 0.276 e. The molecule has 1 amide bonds. The fraction of sp³-hybridized carbons (Fsp3) is 0.278. The van der Waals surface area contributed by atoms with Crippen molar-refractivity contribution >= 4 is 17.7 Å².